The molecule has 0 aliphatic heterocycles. The average molecular weight is 363 g/mol. The standard InChI is InChI=1S/C19H30O3Si2/c1-16(20)21-18(2)15-19(18,13-14-23(3,4)5)22-24(6,7)17-11-9-8-10-12-17/h8-14H,15H2,1-7H3/b14-13+/t18?,19-/m1/s1. The highest BCUT2D eigenvalue weighted by atomic mass is 28.4. The molecular weight excluding hydrogens is 332 g/mol. The first-order valence-electron chi connectivity index (χ1n) is 8.55. The average Bonchev–Trinajstić information content (AvgIpc) is 2.99. The molecule has 3 nitrogen and oxygen atoms in total. The highest BCUT2D eigenvalue weighted by molar-refractivity contribution is 6.84. The Labute approximate surface area is 148 Å². The van der Waals surface area contributed by atoms with E-state index in [-0.39, 0.29) is 5.97 Å². The summed E-state index contributed by atoms with van der Waals surface area (Å²) < 4.78 is 12.4. The lowest BCUT2D eigenvalue weighted by molar-refractivity contribution is -0.150. The molecule has 0 saturated heterocycles. The van der Waals surface area contributed by atoms with Crippen molar-refractivity contribution in [2.45, 2.75) is 64.2 Å². The molecule has 0 heterocycles. The lowest BCUT2D eigenvalue weighted by Crippen LogP contribution is -2.50. The van der Waals surface area contributed by atoms with Crippen LogP contribution >= 0.6 is 0 Å². The van der Waals surface area contributed by atoms with E-state index >= 15 is 0 Å². The van der Waals surface area contributed by atoms with Crippen molar-refractivity contribution in [3.63, 3.8) is 0 Å². The van der Waals surface area contributed by atoms with Crippen molar-refractivity contribution < 1.29 is 14.0 Å². The minimum absolute atomic E-state index is 0.247. The number of hydrogen-bond acceptors (Lipinski definition) is 3. The zero-order chi connectivity index (χ0) is 18.2. The molecule has 1 unspecified atom stereocenters. The number of ether oxygens (including phenoxy) is 1. The maximum atomic E-state index is 11.5. The molecular formula is C19H30O3Si2. The summed E-state index contributed by atoms with van der Waals surface area (Å²) in [5.41, 5.74) is 1.25. The van der Waals surface area contributed by atoms with Crippen LogP contribution in [0.2, 0.25) is 32.7 Å². The van der Waals surface area contributed by atoms with Gasteiger partial charge in [0.05, 0.1) is 8.07 Å². The number of hydrogen-bond donors (Lipinski definition) is 0. The van der Waals surface area contributed by atoms with Gasteiger partial charge < -0.3 is 9.16 Å². The molecule has 0 radical (unpaired) electrons. The van der Waals surface area contributed by atoms with Gasteiger partial charge in [0.2, 0.25) is 8.32 Å². The van der Waals surface area contributed by atoms with Crippen molar-refractivity contribution in [3.8, 4) is 0 Å². The maximum absolute atomic E-state index is 11.5. The van der Waals surface area contributed by atoms with Crippen LogP contribution in [0.15, 0.2) is 42.1 Å². The van der Waals surface area contributed by atoms with E-state index in [1.54, 1.807) is 0 Å². The van der Waals surface area contributed by atoms with Crippen molar-refractivity contribution >= 4 is 27.5 Å². The van der Waals surface area contributed by atoms with E-state index in [0.29, 0.717) is 0 Å². The molecule has 0 bridgehead atoms. The van der Waals surface area contributed by atoms with E-state index in [2.05, 4.69) is 68.8 Å². The first-order valence-corrected chi connectivity index (χ1v) is 15.0. The van der Waals surface area contributed by atoms with Gasteiger partial charge in [0.1, 0.15) is 11.2 Å². The van der Waals surface area contributed by atoms with Crippen LogP contribution in [0.3, 0.4) is 0 Å². The van der Waals surface area contributed by atoms with Crippen molar-refractivity contribution in [1.29, 1.82) is 0 Å². The predicted octanol–water partition coefficient (Wildman–Crippen LogP) is 4.01. The maximum Gasteiger partial charge on any atom is 0.303 e. The fraction of sp³-hybridized carbons (Fsp3) is 0.526. The second-order valence-electron chi connectivity index (χ2n) is 8.57. The molecule has 1 aliphatic carbocycles. The van der Waals surface area contributed by atoms with Crippen LogP contribution in [0, 0.1) is 0 Å². The highest BCUT2D eigenvalue weighted by Crippen LogP contribution is 2.56. The molecule has 1 aromatic carbocycles. The van der Waals surface area contributed by atoms with Crippen molar-refractivity contribution in [2.75, 3.05) is 0 Å². The second kappa shape index (κ2) is 6.28. The molecule has 1 saturated carbocycles. The Balaban J connectivity index is 2.32. The summed E-state index contributed by atoms with van der Waals surface area (Å²) in [6, 6.07) is 10.4. The summed E-state index contributed by atoms with van der Waals surface area (Å²) >= 11 is 0. The smallest absolute Gasteiger partial charge is 0.303 e. The monoisotopic (exact) mass is 362 g/mol. The summed E-state index contributed by atoms with van der Waals surface area (Å²) in [5.74, 6) is -0.247. The predicted molar refractivity (Wildman–Crippen MR) is 105 cm³/mol. The van der Waals surface area contributed by atoms with E-state index in [1.165, 1.54) is 12.1 Å². The minimum Gasteiger partial charge on any atom is -0.456 e. The van der Waals surface area contributed by atoms with E-state index in [0.717, 1.165) is 6.42 Å². The van der Waals surface area contributed by atoms with Gasteiger partial charge in [-0.3, -0.25) is 4.79 Å². The van der Waals surface area contributed by atoms with Crippen LogP contribution in [0.5, 0.6) is 0 Å². The first-order chi connectivity index (χ1) is 10.9. The van der Waals surface area contributed by atoms with Crippen molar-refractivity contribution in [1.82, 2.24) is 0 Å². The van der Waals surface area contributed by atoms with E-state index in [1.807, 2.05) is 13.0 Å². The number of rotatable bonds is 6. The molecule has 5 heteroatoms. The number of carbonyl (C=O) groups is 1. The molecule has 0 aromatic heterocycles. The Morgan fingerprint density at radius 2 is 1.71 bits per heavy atom. The summed E-state index contributed by atoms with van der Waals surface area (Å²) in [5, 5.41) is 1.25. The Morgan fingerprint density at radius 3 is 2.21 bits per heavy atom. The van der Waals surface area contributed by atoms with E-state index in [9.17, 15) is 4.79 Å². The van der Waals surface area contributed by atoms with Crippen LogP contribution in [0.25, 0.3) is 0 Å². The quantitative estimate of drug-likeness (QED) is 0.566. The van der Waals surface area contributed by atoms with Crippen LogP contribution < -0.4 is 5.19 Å². The topological polar surface area (TPSA) is 35.5 Å². The lowest BCUT2D eigenvalue weighted by Gasteiger charge is -2.31. The van der Waals surface area contributed by atoms with Gasteiger partial charge in [-0.05, 0) is 25.2 Å². The Morgan fingerprint density at radius 1 is 1.12 bits per heavy atom. The molecule has 24 heavy (non-hydrogen) atoms. The van der Waals surface area contributed by atoms with Gasteiger partial charge in [-0.15, -0.1) is 0 Å². The third-order valence-corrected chi connectivity index (χ3v) is 8.26. The molecule has 1 aromatic rings. The first kappa shape index (κ1) is 19.2. The molecule has 2 rings (SSSR count). The third kappa shape index (κ3) is 4.26. The summed E-state index contributed by atoms with van der Waals surface area (Å²) in [4.78, 5) is 11.5. The lowest BCUT2D eigenvalue weighted by atomic mass is 10.2. The van der Waals surface area contributed by atoms with Crippen LogP contribution in [0.1, 0.15) is 20.3 Å². The zero-order valence-electron chi connectivity index (χ0n) is 16.0. The van der Waals surface area contributed by atoms with Gasteiger partial charge in [-0.1, -0.05) is 61.7 Å². The number of carbonyl (C=O) groups excluding carboxylic acids is 1. The van der Waals surface area contributed by atoms with Crippen LogP contribution in [-0.4, -0.2) is 33.6 Å². The van der Waals surface area contributed by atoms with Gasteiger partial charge in [-0.25, -0.2) is 0 Å². The van der Waals surface area contributed by atoms with Gasteiger partial charge in [0.15, 0.2) is 0 Å². The Hall–Kier alpha value is -1.18. The summed E-state index contributed by atoms with van der Waals surface area (Å²) in [7, 11) is -3.49. The van der Waals surface area contributed by atoms with Crippen molar-refractivity contribution in [2.24, 2.45) is 0 Å². The zero-order valence-corrected chi connectivity index (χ0v) is 18.0. The minimum atomic E-state index is -2.12. The highest BCUT2D eigenvalue weighted by Gasteiger charge is 2.69. The van der Waals surface area contributed by atoms with Crippen molar-refractivity contribution in [3.05, 3.63) is 42.1 Å². The second-order valence-corrected chi connectivity index (χ2v) is 17.4. The summed E-state index contributed by atoms with van der Waals surface area (Å²) in [6.07, 6.45) is 2.91. The molecule has 1 aliphatic rings. The Kier molecular flexibility index (Phi) is 5.01. The third-order valence-electron chi connectivity index (χ3n) is 4.50. The molecule has 0 spiro atoms. The SMILES string of the molecule is CC(=O)OC1(C)C[C@@]1(/C=C/[Si](C)(C)C)O[Si](C)(C)c1ccccc1. The van der Waals surface area contributed by atoms with E-state index < -0.39 is 27.6 Å². The Bertz CT molecular complexity index is 634. The van der Waals surface area contributed by atoms with Gasteiger partial charge in [0, 0.05) is 13.3 Å². The fourth-order valence-electron chi connectivity index (χ4n) is 3.05. The number of benzene rings is 1. The fourth-order valence-corrected chi connectivity index (χ4v) is 6.20. The largest absolute Gasteiger partial charge is 0.456 e. The molecule has 2 atom stereocenters. The molecule has 0 N–H and O–H groups in total. The number of esters is 1. The molecule has 0 amide bonds. The van der Waals surface area contributed by atoms with Crippen LogP contribution in [-0.2, 0) is 14.0 Å². The van der Waals surface area contributed by atoms with Gasteiger partial charge in [-0.2, -0.15) is 0 Å². The van der Waals surface area contributed by atoms with Crippen LogP contribution in [0.4, 0.5) is 0 Å². The normalized spacial score (nSPS) is 27.3. The summed E-state index contributed by atoms with van der Waals surface area (Å²) in [6.45, 7) is 14.8. The van der Waals surface area contributed by atoms with Gasteiger partial charge >= 0.3 is 5.97 Å². The van der Waals surface area contributed by atoms with E-state index in [4.69, 9.17) is 9.16 Å². The molecule has 132 valence electrons. The molecule has 1 fully saturated rings. The van der Waals surface area contributed by atoms with Gasteiger partial charge in [0.25, 0.3) is 0 Å².